The van der Waals surface area contributed by atoms with Crippen LogP contribution in [-0.2, 0) is 6.54 Å². The Bertz CT molecular complexity index is 1070. The fourth-order valence-electron chi connectivity index (χ4n) is 3.92. The summed E-state index contributed by atoms with van der Waals surface area (Å²) in [5.41, 5.74) is -1.51. The first-order chi connectivity index (χ1) is 13.9. The summed E-state index contributed by atoms with van der Waals surface area (Å²) in [4.78, 5) is 39.3. The third-order valence-corrected chi connectivity index (χ3v) is 5.46. The zero-order valence-electron chi connectivity index (χ0n) is 15.5. The molecule has 2 N–H and O–H groups in total. The quantitative estimate of drug-likeness (QED) is 0.820. The van der Waals surface area contributed by atoms with Gasteiger partial charge in [0.2, 0.25) is 5.43 Å². The Morgan fingerprint density at radius 1 is 1.24 bits per heavy atom. The smallest absolute Gasteiger partial charge is 0.274 e. The highest BCUT2D eigenvalue weighted by atomic mass is 19.2. The van der Waals surface area contributed by atoms with E-state index < -0.39 is 34.6 Å². The maximum atomic E-state index is 13.8. The zero-order chi connectivity index (χ0) is 20.7. The SMILES string of the molecule is O=C(NCc1cccc(F)c1F)c1cn2c(c(O)c1=O)C(=O)N1CCCC[C@H]2C1. The number of halogens is 2. The van der Waals surface area contributed by atoms with Gasteiger partial charge >= 0.3 is 0 Å². The standard InChI is InChI=1S/C20H19F2N3O4/c21-14-6-3-4-11(15(14)22)8-23-19(28)13-10-25-12-5-1-2-7-24(9-12)20(29)16(25)18(27)17(13)26/h3-4,6,10,12,27H,1-2,5,7-9H2,(H,23,28)/t12-/m0/s1. The number of nitrogens with one attached hydrogen (secondary N) is 1. The summed E-state index contributed by atoms with van der Waals surface area (Å²) < 4.78 is 28.6. The van der Waals surface area contributed by atoms with E-state index >= 15 is 0 Å². The molecule has 2 aliphatic rings. The zero-order valence-corrected chi connectivity index (χ0v) is 15.5. The summed E-state index contributed by atoms with van der Waals surface area (Å²) in [7, 11) is 0. The summed E-state index contributed by atoms with van der Waals surface area (Å²) >= 11 is 0. The third-order valence-electron chi connectivity index (χ3n) is 5.46. The Morgan fingerprint density at radius 3 is 2.83 bits per heavy atom. The molecule has 4 rings (SSSR count). The number of aromatic nitrogens is 1. The number of aromatic hydroxyl groups is 1. The molecule has 2 amide bonds. The molecule has 0 spiro atoms. The van der Waals surface area contributed by atoms with Crippen molar-refractivity contribution in [2.75, 3.05) is 13.1 Å². The van der Waals surface area contributed by atoms with Crippen molar-refractivity contribution in [2.24, 2.45) is 0 Å². The second kappa shape index (κ2) is 7.31. The van der Waals surface area contributed by atoms with Crippen molar-refractivity contribution in [3.8, 4) is 5.75 Å². The lowest BCUT2D eigenvalue weighted by Crippen LogP contribution is -2.44. The van der Waals surface area contributed by atoms with Crippen LogP contribution >= 0.6 is 0 Å². The maximum Gasteiger partial charge on any atom is 0.274 e. The van der Waals surface area contributed by atoms with E-state index in [0.717, 1.165) is 25.3 Å². The molecule has 1 aromatic carbocycles. The van der Waals surface area contributed by atoms with Crippen LogP contribution in [0.1, 0.15) is 51.7 Å². The molecule has 1 atom stereocenters. The second-order valence-corrected chi connectivity index (χ2v) is 7.27. The summed E-state index contributed by atoms with van der Waals surface area (Å²) in [5, 5.41) is 12.8. The normalized spacial score (nSPS) is 18.2. The second-order valence-electron chi connectivity index (χ2n) is 7.27. The first-order valence-electron chi connectivity index (χ1n) is 9.37. The topological polar surface area (TPSA) is 91.6 Å². The van der Waals surface area contributed by atoms with Gasteiger partial charge in [0.1, 0.15) is 5.56 Å². The number of pyridine rings is 1. The number of amides is 2. The van der Waals surface area contributed by atoms with Gasteiger partial charge in [-0.15, -0.1) is 0 Å². The summed E-state index contributed by atoms with van der Waals surface area (Å²) in [6.07, 6.45) is 3.73. The fourth-order valence-corrected chi connectivity index (χ4v) is 3.92. The van der Waals surface area contributed by atoms with Gasteiger partial charge in [0.05, 0.1) is 6.04 Å². The molecule has 1 aromatic heterocycles. The highest BCUT2D eigenvalue weighted by molar-refractivity contribution is 5.99. The van der Waals surface area contributed by atoms with Gasteiger partial charge in [-0.3, -0.25) is 14.4 Å². The average Bonchev–Trinajstić information content (AvgIpc) is 2.93. The Hall–Kier alpha value is -3.23. The first-order valence-corrected chi connectivity index (χ1v) is 9.37. The Labute approximate surface area is 164 Å². The number of rotatable bonds is 3. The highest BCUT2D eigenvalue weighted by Gasteiger charge is 2.36. The van der Waals surface area contributed by atoms with E-state index in [1.54, 1.807) is 4.90 Å². The molecular formula is C20H19F2N3O4. The van der Waals surface area contributed by atoms with Crippen molar-refractivity contribution in [3.05, 3.63) is 63.1 Å². The van der Waals surface area contributed by atoms with Crippen LogP contribution < -0.4 is 10.7 Å². The van der Waals surface area contributed by atoms with Crippen molar-refractivity contribution in [1.82, 2.24) is 14.8 Å². The van der Waals surface area contributed by atoms with Crippen molar-refractivity contribution in [2.45, 2.75) is 31.8 Å². The van der Waals surface area contributed by atoms with Crippen molar-refractivity contribution < 1.29 is 23.5 Å². The van der Waals surface area contributed by atoms with Crippen LogP contribution in [0.4, 0.5) is 8.78 Å². The lowest BCUT2D eigenvalue weighted by molar-refractivity contribution is 0.0677. The molecule has 29 heavy (non-hydrogen) atoms. The number of hydrogen-bond donors (Lipinski definition) is 2. The van der Waals surface area contributed by atoms with Crippen molar-refractivity contribution in [3.63, 3.8) is 0 Å². The number of fused-ring (bicyclic) bond motifs is 4. The minimum atomic E-state index is -1.08. The molecule has 0 saturated carbocycles. The van der Waals surface area contributed by atoms with Crippen LogP contribution in [0.2, 0.25) is 0 Å². The Kier molecular flexibility index (Phi) is 4.81. The molecule has 0 radical (unpaired) electrons. The molecular weight excluding hydrogens is 384 g/mol. The van der Waals surface area contributed by atoms with Crippen LogP contribution in [0.5, 0.6) is 5.75 Å². The molecule has 7 nitrogen and oxygen atoms in total. The summed E-state index contributed by atoms with van der Waals surface area (Å²) in [6.45, 7) is 0.675. The largest absolute Gasteiger partial charge is 0.503 e. The van der Waals surface area contributed by atoms with Crippen LogP contribution in [-0.4, -0.2) is 39.5 Å². The van der Waals surface area contributed by atoms with E-state index in [2.05, 4.69) is 5.32 Å². The van der Waals surface area contributed by atoms with Gasteiger partial charge in [-0.05, 0) is 25.3 Å². The Balaban J connectivity index is 1.67. The molecule has 2 bridgehead atoms. The van der Waals surface area contributed by atoms with Gasteiger partial charge in [0.25, 0.3) is 11.8 Å². The predicted octanol–water partition coefficient (Wildman–Crippen LogP) is 1.94. The summed E-state index contributed by atoms with van der Waals surface area (Å²) in [5.74, 6) is -4.17. The van der Waals surface area contributed by atoms with E-state index in [4.69, 9.17) is 0 Å². The van der Waals surface area contributed by atoms with Gasteiger partial charge in [-0.1, -0.05) is 12.1 Å². The van der Waals surface area contributed by atoms with Gasteiger partial charge in [0.15, 0.2) is 23.1 Å². The number of nitrogens with zero attached hydrogens (tertiary/aromatic N) is 2. The predicted molar refractivity (Wildman–Crippen MR) is 98.7 cm³/mol. The lowest BCUT2D eigenvalue weighted by Gasteiger charge is -2.34. The van der Waals surface area contributed by atoms with E-state index in [9.17, 15) is 28.3 Å². The van der Waals surface area contributed by atoms with E-state index in [-0.39, 0.29) is 29.4 Å². The van der Waals surface area contributed by atoms with Crippen molar-refractivity contribution in [1.29, 1.82) is 0 Å². The molecule has 152 valence electrons. The number of benzene rings is 1. The first kappa shape index (κ1) is 19.1. The third kappa shape index (κ3) is 3.26. The minimum absolute atomic E-state index is 0.0739. The van der Waals surface area contributed by atoms with Crippen molar-refractivity contribution >= 4 is 11.8 Å². The van der Waals surface area contributed by atoms with Crippen LogP contribution in [0.25, 0.3) is 0 Å². The number of carbonyl (C=O) groups is 2. The number of carbonyl (C=O) groups excluding carboxylic acids is 2. The van der Waals surface area contributed by atoms with E-state index in [0.29, 0.717) is 13.1 Å². The number of hydrogen-bond acceptors (Lipinski definition) is 4. The average molecular weight is 403 g/mol. The molecule has 3 heterocycles. The molecule has 9 heteroatoms. The van der Waals surface area contributed by atoms with Gasteiger partial charge in [-0.25, -0.2) is 8.78 Å². The molecule has 2 aliphatic heterocycles. The van der Waals surface area contributed by atoms with Crippen LogP contribution in [0, 0.1) is 11.6 Å². The van der Waals surface area contributed by atoms with Crippen LogP contribution in [0.15, 0.2) is 29.2 Å². The van der Waals surface area contributed by atoms with E-state index in [1.807, 2.05) is 0 Å². The van der Waals surface area contributed by atoms with Gasteiger partial charge < -0.3 is 19.9 Å². The van der Waals surface area contributed by atoms with E-state index in [1.165, 1.54) is 22.9 Å². The van der Waals surface area contributed by atoms with Crippen LogP contribution in [0.3, 0.4) is 0 Å². The Morgan fingerprint density at radius 2 is 2.03 bits per heavy atom. The fraction of sp³-hybridized carbons (Fsp3) is 0.350. The minimum Gasteiger partial charge on any atom is -0.503 e. The molecule has 0 unspecified atom stereocenters. The van der Waals surface area contributed by atoms with Gasteiger partial charge in [0, 0.05) is 31.4 Å². The van der Waals surface area contributed by atoms with Gasteiger partial charge in [-0.2, -0.15) is 0 Å². The maximum absolute atomic E-state index is 13.8. The summed E-state index contributed by atoms with van der Waals surface area (Å²) in [6, 6.07) is 3.43. The molecule has 0 aliphatic carbocycles. The molecule has 1 fully saturated rings. The molecule has 1 saturated heterocycles. The molecule has 2 aromatic rings. The monoisotopic (exact) mass is 403 g/mol. The lowest BCUT2D eigenvalue weighted by atomic mass is 10.1. The highest BCUT2D eigenvalue weighted by Crippen LogP contribution is 2.31.